The van der Waals surface area contributed by atoms with Crippen molar-refractivity contribution in [2.75, 3.05) is 6.67 Å². The first kappa shape index (κ1) is 10.2. The summed E-state index contributed by atoms with van der Waals surface area (Å²) in [4.78, 5) is 0. The van der Waals surface area contributed by atoms with Gasteiger partial charge < -0.3 is 5.11 Å². The van der Waals surface area contributed by atoms with Gasteiger partial charge in [-0.05, 0) is 30.9 Å². The summed E-state index contributed by atoms with van der Waals surface area (Å²) in [6, 6.07) is 5.88. The van der Waals surface area contributed by atoms with Crippen LogP contribution in [0.25, 0.3) is 0 Å². The van der Waals surface area contributed by atoms with Gasteiger partial charge in [-0.1, -0.05) is 23.8 Å². The number of hydrogen-bond donors (Lipinski definition) is 1. The molecule has 1 N–H and O–H groups in total. The summed E-state index contributed by atoms with van der Waals surface area (Å²) in [6.07, 6.45) is 1.25. The van der Waals surface area contributed by atoms with E-state index in [1.54, 1.807) is 0 Å². The quantitative estimate of drug-likeness (QED) is 0.758. The molecule has 72 valence electrons. The van der Waals surface area contributed by atoms with Gasteiger partial charge in [0.15, 0.2) is 0 Å². The maximum atomic E-state index is 12.0. The number of benzene rings is 1. The van der Waals surface area contributed by atoms with Crippen molar-refractivity contribution in [1.29, 1.82) is 0 Å². The molecular weight excluding hydrogens is 167 g/mol. The number of halogens is 1. The van der Waals surface area contributed by atoms with E-state index in [2.05, 4.69) is 0 Å². The zero-order valence-corrected chi connectivity index (χ0v) is 7.89. The van der Waals surface area contributed by atoms with E-state index < -0.39 is 0 Å². The second-order valence-corrected chi connectivity index (χ2v) is 3.22. The van der Waals surface area contributed by atoms with Gasteiger partial charge >= 0.3 is 0 Å². The third-order valence-corrected chi connectivity index (χ3v) is 2.11. The molecule has 1 nitrogen and oxygen atoms in total. The number of alkyl halides is 1. The number of rotatable bonds is 4. The molecule has 0 amide bonds. The smallest absolute Gasteiger partial charge is 0.0897 e. The molecule has 0 unspecified atom stereocenters. The van der Waals surface area contributed by atoms with Crippen molar-refractivity contribution in [2.24, 2.45) is 0 Å². The fourth-order valence-electron chi connectivity index (χ4n) is 1.40. The Labute approximate surface area is 78.2 Å². The Morgan fingerprint density at radius 3 is 2.69 bits per heavy atom. The van der Waals surface area contributed by atoms with Gasteiger partial charge in [0.05, 0.1) is 13.3 Å². The molecule has 0 aliphatic heterocycles. The summed E-state index contributed by atoms with van der Waals surface area (Å²) in [5.74, 6) is 0. The van der Waals surface area contributed by atoms with Crippen molar-refractivity contribution >= 4 is 0 Å². The van der Waals surface area contributed by atoms with Crippen LogP contribution in [0.3, 0.4) is 0 Å². The lowest BCUT2D eigenvalue weighted by Gasteiger charge is -2.07. The summed E-state index contributed by atoms with van der Waals surface area (Å²) in [5.41, 5.74) is 3.14. The molecule has 2 heteroatoms. The lowest BCUT2D eigenvalue weighted by molar-refractivity contribution is 0.280. The fraction of sp³-hybridized carbons (Fsp3) is 0.455. The molecule has 1 rings (SSSR count). The molecule has 0 bridgehead atoms. The summed E-state index contributed by atoms with van der Waals surface area (Å²) in [7, 11) is 0. The molecular formula is C11H15FO. The highest BCUT2D eigenvalue weighted by molar-refractivity contribution is 5.31. The van der Waals surface area contributed by atoms with Crippen LogP contribution < -0.4 is 0 Å². The first-order valence-electron chi connectivity index (χ1n) is 4.53. The molecule has 0 spiro atoms. The van der Waals surface area contributed by atoms with Crippen molar-refractivity contribution < 1.29 is 9.50 Å². The van der Waals surface area contributed by atoms with E-state index in [1.807, 2.05) is 25.1 Å². The number of aliphatic hydroxyl groups is 1. The SMILES string of the molecule is Cc1ccc(CO)c(CCCF)c1. The molecule has 1 aromatic rings. The Morgan fingerprint density at radius 1 is 1.31 bits per heavy atom. The number of aryl methyl sites for hydroxylation is 2. The summed E-state index contributed by atoms with van der Waals surface area (Å²) in [6.45, 7) is 1.75. The normalized spacial score (nSPS) is 10.4. The van der Waals surface area contributed by atoms with Gasteiger partial charge in [-0.3, -0.25) is 4.39 Å². The standard InChI is InChI=1S/C11H15FO/c1-9-4-5-11(8-13)10(7-9)3-2-6-12/h4-5,7,13H,2-3,6,8H2,1H3. The van der Waals surface area contributed by atoms with E-state index in [-0.39, 0.29) is 13.3 Å². The van der Waals surface area contributed by atoms with E-state index in [4.69, 9.17) is 5.11 Å². The lowest BCUT2D eigenvalue weighted by Crippen LogP contribution is -1.95. The average molecular weight is 182 g/mol. The Bertz CT molecular complexity index is 271. The van der Waals surface area contributed by atoms with Crippen LogP contribution in [0.5, 0.6) is 0 Å². The zero-order valence-electron chi connectivity index (χ0n) is 7.89. The van der Waals surface area contributed by atoms with Crippen LogP contribution in [0.1, 0.15) is 23.1 Å². The minimum absolute atomic E-state index is 0.0436. The van der Waals surface area contributed by atoms with Gasteiger partial charge in [0.2, 0.25) is 0 Å². The summed E-state index contributed by atoms with van der Waals surface area (Å²) in [5, 5.41) is 9.01. The van der Waals surface area contributed by atoms with Crippen LogP contribution >= 0.6 is 0 Å². The van der Waals surface area contributed by atoms with Crippen LogP contribution in [0.15, 0.2) is 18.2 Å². The minimum atomic E-state index is -0.293. The first-order chi connectivity index (χ1) is 6.27. The third-order valence-electron chi connectivity index (χ3n) is 2.11. The zero-order chi connectivity index (χ0) is 9.68. The fourth-order valence-corrected chi connectivity index (χ4v) is 1.40. The highest BCUT2D eigenvalue weighted by atomic mass is 19.1. The van der Waals surface area contributed by atoms with Gasteiger partial charge in [-0.15, -0.1) is 0 Å². The lowest BCUT2D eigenvalue weighted by atomic mass is 10.0. The highest BCUT2D eigenvalue weighted by Crippen LogP contribution is 2.13. The Kier molecular flexibility index (Phi) is 3.90. The van der Waals surface area contributed by atoms with E-state index in [1.165, 1.54) is 0 Å². The molecule has 0 radical (unpaired) electrons. The first-order valence-corrected chi connectivity index (χ1v) is 4.53. The predicted molar refractivity (Wildman–Crippen MR) is 51.4 cm³/mol. The molecule has 0 fully saturated rings. The maximum Gasteiger partial charge on any atom is 0.0897 e. The second kappa shape index (κ2) is 4.97. The summed E-state index contributed by atoms with van der Waals surface area (Å²) >= 11 is 0. The molecule has 13 heavy (non-hydrogen) atoms. The number of aliphatic hydroxyl groups excluding tert-OH is 1. The topological polar surface area (TPSA) is 20.2 Å². The van der Waals surface area contributed by atoms with Crippen LogP contribution in [0.4, 0.5) is 4.39 Å². The van der Waals surface area contributed by atoms with Crippen molar-refractivity contribution in [3.05, 3.63) is 34.9 Å². The minimum Gasteiger partial charge on any atom is -0.392 e. The second-order valence-electron chi connectivity index (χ2n) is 3.22. The molecule has 0 saturated carbocycles. The van der Waals surface area contributed by atoms with Gasteiger partial charge in [-0.2, -0.15) is 0 Å². The van der Waals surface area contributed by atoms with Crippen molar-refractivity contribution in [2.45, 2.75) is 26.4 Å². The van der Waals surface area contributed by atoms with Gasteiger partial charge in [-0.25, -0.2) is 0 Å². The number of hydrogen-bond acceptors (Lipinski definition) is 1. The molecule has 0 aromatic heterocycles. The van der Waals surface area contributed by atoms with E-state index in [0.717, 1.165) is 16.7 Å². The Morgan fingerprint density at radius 2 is 2.08 bits per heavy atom. The van der Waals surface area contributed by atoms with Crippen LogP contribution in [0.2, 0.25) is 0 Å². The van der Waals surface area contributed by atoms with E-state index >= 15 is 0 Å². The van der Waals surface area contributed by atoms with Gasteiger partial charge in [0.1, 0.15) is 0 Å². The Balaban J connectivity index is 2.81. The molecule has 0 aliphatic carbocycles. The van der Waals surface area contributed by atoms with Crippen molar-refractivity contribution in [1.82, 2.24) is 0 Å². The van der Waals surface area contributed by atoms with Crippen LogP contribution in [0, 0.1) is 6.92 Å². The van der Waals surface area contributed by atoms with Crippen LogP contribution in [-0.2, 0) is 13.0 Å². The average Bonchev–Trinajstić information content (AvgIpc) is 2.15. The van der Waals surface area contributed by atoms with Crippen molar-refractivity contribution in [3.8, 4) is 0 Å². The van der Waals surface area contributed by atoms with Crippen LogP contribution in [-0.4, -0.2) is 11.8 Å². The monoisotopic (exact) mass is 182 g/mol. The molecule has 0 atom stereocenters. The maximum absolute atomic E-state index is 12.0. The predicted octanol–water partition coefficient (Wildman–Crippen LogP) is 2.39. The summed E-state index contributed by atoms with van der Waals surface area (Å²) < 4.78 is 12.0. The molecule has 0 heterocycles. The molecule has 0 saturated heterocycles. The highest BCUT2D eigenvalue weighted by Gasteiger charge is 2.01. The molecule has 0 aliphatic rings. The Hall–Kier alpha value is -0.890. The van der Waals surface area contributed by atoms with E-state index in [0.29, 0.717) is 12.8 Å². The van der Waals surface area contributed by atoms with Gasteiger partial charge in [0.25, 0.3) is 0 Å². The van der Waals surface area contributed by atoms with Gasteiger partial charge in [0, 0.05) is 0 Å². The third kappa shape index (κ3) is 2.81. The van der Waals surface area contributed by atoms with Crippen molar-refractivity contribution in [3.63, 3.8) is 0 Å². The molecule has 1 aromatic carbocycles. The van der Waals surface area contributed by atoms with E-state index in [9.17, 15) is 4.39 Å². The largest absolute Gasteiger partial charge is 0.392 e.